The molecule has 31 heavy (non-hydrogen) atoms. The lowest BCUT2D eigenvalue weighted by atomic mass is 10.1. The SMILES string of the molecule is COc1cc(-c2cn(Cc3nc(N)c4cc(C)oc4n3)nn2)ccc1-n1cnc(C)c1. The summed E-state index contributed by atoms with van der Waals surface area (Å²) >= 11 is 0. The zero-order valence-electron chi connectivity index (χ0n) is 17.3. The van der Waals surface area contributed by atoms with E-state index in [0.717, 1.165) is 22.7 Å². The second kappa shape index (κ2) is 7.24. The molecule has 0 radical (unpaired) electrons. The number of aromatic nitrogens is 7. The number of anilines is 1. The summed E-state index contributed by atoms with van der Waals surface area (Å²) in [5.74, 6) is 2.32. The molecule has 10 nitrogen and oxygen atoms in total. The Bertz CT molecular complexity index is 1400. The Kier molecular flexibility index (Phi) is 4.39. The predicted molar refractivity (Wildman–Crippen MR) is 114 cm³/mol. The van der Waals surface area contributed by atoms with Crippen LogP contribution in [-0.4, -0.2) is 41.6 Å². The molecule has 4 heterocycles. The lowest BCUT2D eigenvalue weighted by molar-refractivity contribution is 0.413. The van der Waals surface area contributed by atoms with Gasteiger partial charge in [-0.25, -0.2) is 14.6 Å². The molecule has 5 aromatic rings. The van der Waals surface area contributed by atoms with E-state index in [4.69, 9.17) is 14.9 Å². The molecule has 0 aliphatic carbocycles. The van der Waals surface area contributed by atoms with Gasteiger partial charge in [0.25, 0.3) is 0 Å². The molecule has 0 aliphatic heterocycles. The smallest absolute Gasteiger partial charge is 0.231 e. The molecule has 0 bridgehead atoms. The number of aryl methyl sites for hydroxylation is 2. The molecule has 0 aliphatic rings. The third-order valence-corrected chi connectivity index (χ3v) is 4.90. The molecule has 10 heteroatoms. The highest BCUT2D eigenvalue weighted by atomic mass is 16.5. The number of methoxy groups -OCH3 is 1. The number of hydrogen-bond donors (Lipinski definition) is 1. The van der Waals surface area contributed by atoms with E-state index in [1.807, 2.05) is 55.1 Å². The van der Waals surface area contributed by atoms with Crippen LogP contribution in [0.5, 0.6) is 5.75 Å². The van der Waals surface area contributed by atoms with Crippen LogP contribution in [0.25, 0.3) is 28.0 Å². The Morgan fingerprint density at radius 2 is 2.00 bits per heavy atom. The lowest BCUT2D eigenvalue weighted by Crippen LogP contribution is -2.07. The zero-order chi connectivity index (χ0) is 21.5. The van der Waals surface area contributed by atoms with Crippen molar-refractivity contribution in [2.45, 2.75) is 20.4 Å². The summed E-state index contributed by atoms with van der Waals surface area (Å²) in [5, 5.41) is 9.19. The van der Waals surface area contributed by atoms with Crippen molar-refractivity contribution < 1.29 is 9.15 Å². The standard InChI is InChI=1S/C21H20N8O2/c1-12-8-28(11-23-12)17-5-4-14(7-18(17)30-3)16-9-29(27-26-16)10-19-24-20(22)15-6-13(2)31-21(15)25-19/h4-9,11H,10H2,1-3H3,(H2,22,24,25). The van der Waals surface area contributed by atoms with Crippen LogP contribution in [0.2, 0.25) is 0 Å². The highest BCUT2D eigenvalue weighted by Crippen LogP contribution is 2.29. The van der Waals surface area contributed by atoms with Crippen molar-refractivity contribution in [1.29, 1.82) is 0 Å². The fourth-order valence-corrected chi connectivity index (χ4v) is 3.44. The number of hydrogen-bond acceptors (Lipinski definition) is 8. The van der Waals surface area contributed by atoms with Crippen molar-refractivity contribution >= 4 is 16.9 Å². The number of furan rings is 1. The maximum absolute atomic E-state index is 6.04. The van der Waals surface area contributed by atoms with Gasteiger partial charge in [0.2, 0.25) is 5.71 Å². The van der Waals surface area contributed by atoms with E-state index in [2.05, 4.69) is 25.3 Å². The van der Waals surface area contributed by atoms with Crippen molar-refractivity contribution in [3.05, 3.63) is 60.3 Å². The molecule has 0 unspecified atom stereocenters. The first kappa shape index (κ1) is 18.8. The van der Waals surface area contributed by atoms with Crippen LogP contribution in [0, 0.1) is 13.8 Å². The van der Waals surface area contributed by atoms with Gasteiger partial charge in [-0.05, 0) is 32.0 Å². The highest BCUT2D eigenvalue weighted by Gasteiger charge is 2.13. The minimum atomic E-state index is 0.316. The topological polar surface area (TPSA) is 123 Å². The molecule has 156 valence electrons. The first-order chi connectivity index (χ1) is 15.0. The first-order valence-corrected chi connectivity index (χ1v) is 9.62. The Hall–Kier alpha value is -4.21. The average Bonchev–Trinajstić information content (AvgIpc) is 3.47. The number of rotatable bonds is 5. The summed E-state index contributed by atoms with van der Waals surface area (Å²) in [7, 11) is 1.64. The summed E-state index contributed by atoms with van der Waals surface area (Å²) in [6, 6.07) is 7.67. The van der Waals surface area contributed by atoms with E-state index in [1.54, 1.807) is 18.1 Å². The number of fused-ring (bicyclic) bond motifs is 1. The normalized spacial score (nSPS) is 11.3. The number of nitrogens with zero attached hydrogens (tertiary/aromatic N) is 7. The Morgan fingerprint density at radius 3 is 2.77 bits per heavy atom. The fourth-order valence-electron chi connectivity index (χ4n) is 3.44. The van der Waals surface area contributed by atoms with E-state index in [0.29, 0.717) is 40.7 Å². The van der Waals surface area contributed by atoms with Crippen molar-refractivity contribution in [3.63, 3.8) is 0 Å². The summed E-state index contributed by atoms with van der Waals surface area (Å²) in [4.78, 5) is 13.1. The predicted octanol–water partition coefficient (Wildman–Crippen LogP) is 2.92. The largest absolute Gasteiger partial charge is 0.495 e. The maximum Gasteiger partial charge on any atom is 0.231 e. The number of ether oxygens (including phenoxy) is 1. The zero-order valence-corrected chi connectivity index (χ0v) is 17.3. The van der Waals surface area contributed by atoms with Crippen LogP contribution in [0.3, 0.4) is 0 Å². The second-order valence-corrected chi connectivity index (χ2v) is 7.21. The molecular formula is C21H20N8O2. The summed E-state index contributed by atoms with van der Waals surface area (Å²) in [5.41, 5.74) is 9.91. The molecule has 4 aromatic heterocycles. The molecule has 0 saturated heterocycles. The third kappa shape index (κ3) is 3.48. The van der Waals surface area contributed by atoms with Crippen LogP contribution in [0.15, 0.2) is 47.4 Å². The van der Waals surface area contributed by atoms with E-state index in [9.17, 15) is 0 Å². The van der Waals surface area contributed by atoms with Crippen molar-refractivity contribution in [2.24, 2.45) is 0 Å². The second-order valence-electron chi connectivity index (χ2n) is 7.21. The van der Waals surface area contributed by atoms with Crippen molar-refractivity contribution in [3.8, 4) is 22.7 Å². The van der Waals surface area contributed by atoms with Gasteiger partial charge in [-0.3, -0.25) is 0 Å². The summed E-state index contributed by atoms with van der Waals surface area (Å²) < 4.78 is 14.7. The Morgan fingerprint density at radius 1 is 1.13 bits per heavy atom. The van der Waals surface area contributed by atoms with E-state index in [1.165, 1.54) is 0 Å². The van der Waals surface area contributed by atoms with Gasteiger partial charge in [0.05, 0.1) is 36.4 Å². The molecule has 1 aromatic carbocycles. The monoisotopic (exact) mass is 416 g/mol. The van der Waals surface area contributed by atoms with Gasteiger partial charge < -0.3 is 19.5 Å². The Labute approximate surface area is 177 Å². The van der Waals surface area contributed by atoms with Crippen LogP contribution in [0.1, 0.15) is 17.3 Å². The molecule has 0 fully saturated rings. The maximum atomic E-state index is 6.04. The fraction of sp³-hybridized carbons (Fsp3) is 0.190. The van der Waals surface area contributed by atoms with Crippen LogP contribution in [0.4, 0.5) is 5.82 Å². The first-order valence-electron chi connectivity index (χ1n) is 9.62. The third-order valence-electron chi connectivity index (χ3n) is 4.90. The minimum Gasteiger partial charge on any atom is -0.495 e. The lowest BCUT2D eigenvalue weighted by Gasteiger charge is -2.10. The van der Waals surface area contributed by atoms with Gasteiger partial charge in [0.15, 0.2) is 5.82 Å². The van der Waals surface area contributed by atoms with Crippen molar-refractivity contribution in [1.82, 2.24) is 34.5 Å². The summed E-state index contributed by atoms with van der Waals surface area (Å²) in [6.45, 7) is 4.10. The molecule has 2 N–H and O–H groups in total. The molecule has 0 spiro atoms. The Balaban J connectivity index is 1.43. The number of imidazole rings is 1. The van der Waals surface area contributed by atoms with Gasteiger partial charge in [0.1, 0.15) is 29.6 Å². The van der Waals surface area contributed by atoms with Crippen molar-refractivity contribution in [2.75, 3.05) is 12.8 Å². The van der Waals surface area contributed by atoms with Crippen LogP contribution >= 0.6 is 0 Å². The highest BCUT2D eigenvalue weighted by molar-refractivity contribution is 5.84. The van der Waals surface area contributed by atoms with E-state index in [-0.39, 0.29) is 0 Å². The number of benzene rings is 1. The molecule has 0 atom stereocenters. The van der Waals surface area contributed by atoms with Gasteiger partial charge in [-0.1, -0.05) is 11.3 Å². The molecule has 5 rings (SSSR count). The van der Waals surface area contributed by atoms with Gasteiger partial charge >= 0.3 is 0 Å². The number of nitrogen functional groups attached to an aromatic ring is 1. The van der Waals surface area contributed by atoms with Gasteiger partial charge in [0, 0.05) is 11.8 Å². The van der Waals surface area contributed by atoms with E-state index >= 15 is 0 Å². The van der Waals surface area contributed by atoms with Gasteiger partial charge in [-0.2, -0.15) is 4.98 Å². The average molecular weight is 416 g/mol. The van der Waals surface area contributed by atoms with Crippen LogP contribution in [-0.2, 0) is 6.54 Å². The molecular weight excluding hydrogens is 396 g/mol. The molecule has 0 amide bonds. The quantitative estimate of drug-likeness (QED) is 0.464. The van der Waals surface area contributed by atoms with Crippen LogP contribution < -0.4 is 10.5 Å². The minimum absolute atomic E-state index is 0.316. The van der Waals surface area contributed by atoms with Gasteiger partial charge in [-0.15, -0.1) is 5.10 Å². The summed E-state index contributed by atoms with van der Waals surface area (Å²) in [6.07, 6.45) is 5.52. The van der Waals surface area contributed by atoms with E-state index < -0.39 is 0 Å². The number of nitrogens with two attached hydrogens (primary N) is 1. The molecule has 0 saturated carbocycles.